The zero-order valence-electron chi connectivity index (χ0n) is 15.4. The van der Waals surface area contributed by atoms with E-state index in [2.05, 4.69) is 20.2 Å². The molecule has 0 saturated carbocycles. The van der Waals surface area contributed by atoms with Crippen LogP contribution in [0.15, 0.2) is 36.0 Å². The van der Waals surface area contributed by atoms with E-state index in [-0.39, 0.29) is 27.5 Å². The highest BCUT2D eigenvalue weighted by Crippen LogP contribution is 2.33. The van der Waals surface area contributed by atoms with Crippen LogP contribution in [-0.2, 0) is 11.0 Å². The van der Waals surface area contributed by atoms with Crippen LogP contribution in [0.2, 0.25) is 5.02 Å². The molecule has 1 fully saturated rings. The summed E-state index contributed by atoms with van der Waals surface area (Å²) in [5.74, 6) is 0.652. The van der Waals surface area contributed by atoms with Crippen LogP contribution in [0, 0.1) is 0 Å². The molecular formula is C17H15ClF3N7OS. The van der Waals surface area contributed by atoms with Gasteiger partial charge in [-0.3, -0.25) is 14.2 Å². The molecule has 1 amide bonds. The van der Waals surface area contributed by atoms with Crippen LogP contribution in [0.25, 0.3) is 5.65 Å². The minimum absolute atomic E-state index is 0.0276. The van der Waals surface area contributed by atoms with Crippen LogP contribution in [0.3, 0.4) is 0 Å². The first-order valence-electron chi connectivity index (χ1n) is 8.86. The number of hydrogen-bond acceptors (Lipinski definition) is 7. The third-order valence-electron chi connectivity index (χ3n) is 4.59. The van der Waals surface area contributed by atoms with Crippen molar-refractivity contribution in [1.82, 2.24) is 29.5 Å². The molecule has 0 spiro atoms. The molecule has 30 heavy (non-hydrogen) atoms. The van der Waals surface area contributed by atoms with Crippen LogP contribution in [0.4, 0.5) is 19.0 Å². The Labute approximate surface area is 178 Å². The molecule has 0 bridgehead atoms. The van der Waals surface area contributed by atoms with Crippen molar-refractivity contribution in [2.75, 3.05) is 36.8 Å². The molecule has 0 radical (unpaired) electrons. The second-order valence-electron chi connectivity index (χ2n) is 6.47. The monoisotopic (exact) mass is 457 g/mol. The molecule has 4 rings (SSSR count). The van der Waals surface area contributed by atoms with Crippen molar-refractivity contribution in [3.63, 3.8) is 0 Å². The highest BCUT2D eigenvalue weighted by molar-refractivity contribution is 7.99. The van der Waals surface area contributed by atoms with Gasteiger partial charge in [0.15, 0.2) is 10.8 Å². The van der Waals surface area contributed by atoms with Crippen LogP contribution in [0.5, 0.6) is 0 Å². The van der Waals surface area contributed by atoms with Gasteiger partial charge in [0, 0.05) is 44.8 Å². The summed E-state index contributed by atoms with van der Waals surface area (Å²) in [5.41, 5.74) is -0.801. The maximum Gasteiger partial charge on any atom is 0.417 e. The van der Waals surface area contributed by atoms with E-state index >= 15 is 0 Å². The fourth-order valence-corrected chi connectivity index (χ4v) is 4.10. The summed E-state index contributed by atoms with van der Waals surface area (Å²) < 4.78 is 40.3. The van der Waals surface area contributed by atoms with Gasteiger partial charge in [0.05, 0.1) is 22.5 Å². The van der Waals surface area contributed by atoms with Crippen LogP contribution < -0.4 is 4.90 Å². The van der Waals surface area contributed by atoms with Crippen molar-refractivity contribution in [3.05, 3.63) is 41.4 Å². The van der Waals surface area contributed by atoms with Gasteiger partial charge in [-0.25, -0.2) is 4.98 Å². The SMILES string of the molecule is O=C(CSc1nnc2c(Cl)cc(C(F)(F)F)cn12)N1CCN(c2cnccn2)CC1. The number of piperazine rings is 1. The number of rotatable bonds is 4. The van der Waals surface area contributed by atoms with Gasteiger partial charge < -0.3 is 9.80 Å². The molecule has 1 aliphatic heterocycles. The Bertz CT molecular complexity index is 1050. The molecule has 0 atom stereocenters. The molecule has 0 unspecified atom stereocenters. The number of carbonyl (C=O) groups excluding carboxylic acids is 1. The minimum atomic E-state index is -4.55. The number of nitrogens with zero attached hydrogens (tertiary/aromatic N) is 7. The van der Waals surface area contributed by atoms with Crippen molar-refractivity contribution >= 4 is 40.7 Å². The first-order valence-corrected chi connectivity index (χ1v) is 10.2. The van der Waals surface area contributed by atoms with Crippen LogP contribution in [0.1, 0.15) is 5.56 Å². The lowest BCUT2D eigenvalue weighted by atomic mass is 10.3. The summed E-state index contributed by atoms with van der Waals surface area (Å²) in [5, 5.41) is 7.72. The van der Waals surface area contributed by atoms with Gasteiger partial charge in [-0.1, -0.05) is 23.4 Å². The second kappa shape index (κ2) is 8.26. The number of alkyl halides is 3. The largest absolute Gasteiger partial charge is 0.417 e. The predicted molar refractivity (Wildman–Crippen MR) is 105 cm³/mol. The number of halogens is 4. The van der Waals surface area contributed by atoms with E-state index in [0.717, 1.165) is 34.2 Å². The van der Waals surface area contributed by atoms with E-state index in [4.69, 9.17) is 11.6 Å². The first kappa shape index (κ1) is 20.7. The summed E-state index contributed by atoms with van der Waals surface area (Å²) in [6.07, 6.45) is 1.21. The maximum absolute atomic E-state index is 13.1. The van der Waals surface area contributed by atoms with Gasteiger partial charge in [-0.2, -0.15) is 13.2 Å². The number of aromatic nitrogens is 5. The van der Waals surface area contributed by atoms with Crippen molar-refractivity contribution in [3.8, 4) is 0 Å². The van der Waals surface area contributed by atoms with Gasteiger partial charge in [0.1, 0.15) is 5.82 Å². The summed E-state index contributed by atoms with van der Waals surface area (Å²) in [4.78, 5) is 24.6. The molecule has 13 heteroatoms. The van der Waals surface area contributed by atoms with Gasteiger partial charge in [-0.15, -0.1) is 10.2 Å². The van der Waals surface area contributed by atoms with Crippen molar-refractivity contribution in [1.29, 1.82) is 0 Å². The molecule has 0 aromatic carbocycles. The third-order valence-corrected chi connectivity index (χ3v) is 5.79. The highest BCUT2D eigenvalue weighted by Gasteiger charge is 2.32. The number of pyridine rings is 1. The van der Waals surface area contributed by atoms with E-state index in [1.54, 1.807) is 23.5 Å². The van der Waals surface area contributed by atoms with E-state index < -0.39 is 11.7 Å². The van der Waals surface area contributed by atoms with Crippen LogP contribution in [-0.4, -0.2) is 67.3 Å². The molecule has 158 valence electrons. The maximum atomic E-state index is 13.1. The number of anilines is 1. The average molecular weight is 458 g/mol. The quantitative estimate of drug-likeness (QED) is 0.557. The topological polar surface area (TPSA) is 79.5 Å². The fraction of sp³-hybridized carbons (Fsp3) is 0.353. The van der Waals surface area contributed by atoms with Crippen LogP contribution >= 0.6 is 23.4 Å². The van der Waals surface area contributed by atoms with E-state index in [1.807, 2.05) is 4.90 Å². The molecule has 0 N–H and O–H groups in total. The summed E-state index contributed by atoms with van der Waals surface area (Å²) in [6, 6.07) is 0.807. The minimum Gasteiger partial charge on any atom is -0.352 e. The molecule has 3 aromatic rings. The summed E-state index contributed by atoms with van der Waals surface area (Å²) in [6.45, 7) is 2.27. The standard InChI is InChI=1S/C17H15ClF3N7OS/c18-12-7-11(17(19,20)21)9-28-15(12)24-25-16(28)30-10-14(29)27-5-3-26(4-6-27)13-8-22-1-2-23-13/h1-2,7-9H,3-6,10H2. The van der Waals surface area contributed by atoms with Gasteiger partial charge in [-0.05, 0) is 6.07 Å². The fourth-order valence-electron chi connectivity index (χ4n) is 3.04. The molecular weight excluding hydrogens is 443 g/mol. The number of amides is 1. The Kier molecular flexibility index (Phi) is 5.69. The third kappa shape index (κ3) is 4.29. The normalized spacial score (nSPS) is 15.1. The lowest BCUT2D eigenvalue weighted by molar-refractivity contribution is -0.138. The molecule has 1 saturated heterocycles. The Morgan fingerprint density at radius 2 is 1.93 bits per heavy atom. The summed E-state index contributed by atoms with van der Waals surface area (Å²) in [7, 11) is 0. The van der Waals surface area contributed by atoms with Gasteiger partial charge in [0.25, 0.3) is 0 Å². The smallest absolute Gasteiger partial charge is 0.352 e. The van der Waals surface area contributed by atoms with Crippen molar-refractivity contribution < 1.29 is 18.0 Å². The van der Waals surface area contributed by atoms with E-state index in [0.29, 0.717) is 26.2 Å². The molecule has 4 heterocycles. The van der Waals surface area contributed by atoms with Gasteiger partial charge >= 0.3 is 6.18 Å². The molecule has 1 aliphatic rings. The Balaban J connectivity index is 1.40. The van der Waals surface area contributed by atoms with E-state index in [9.17, 15) is 18.0 Å². The summed E-state index contributed by atoms with van der Waals surface area (Å²) >= 11 is 6.93. The zero-order chi connectivity index (χ0) is 21.3. The predicted octanol–water partition coefficient (Wildman–Crippen LogP) is 2.63. The molecule has 0 aliphatic carbocycles. The second-order valence-corrected chi connectivity index (χ2v) is 7.82. The van der Waals surface area contributed by atoms with Crippen molar-refractivity contribution in [2.45, 2.75) is 11.3 Å². The highest BCUT2D eigenvalue weighted by atomic mass is 35.5. The molecule has 8 nitrogen and oxygen atoms in total. The zero-order valence-corrected chi connectivity index (χ0v) is 17.0. The number of hydrogen-bond donors (Lipinski definition) is 0. The molecule has 3 aromatic heterocycles. The van der Waals surface area contributed by atoms with Gasteiger partial charge in [0.2, 0.25) is 5.91 Å². The number of carbonyl (C=O) groups is 1. The number of fused-ring (bicyclic) bond motifs is 1. The number of thioether (sulfide) groups is 1. The Morgan fingerprint density at radius 1 is 1.17 bits per heavy atom. The van der Waals surface area contributed by atoms with Crippen molar-refractivity contribution in [2.24, 2.45) is 0 Å². The lowest BCUT2D eigenvalue weighted by Crippen LogP contribution is -2.49. The Hall–Kier alpha value is -2.60. The Morgan fingerprint density at radius 3 is 2.60 bits per heavy atom. The average Bonchev–Trinajstić information content (AvgIpc) is 3.16. The lowest BCUT2D eigenvalue weighted by Gasteiger charge is -2.35. The van der Waals surface area contributed by atoms with E-state index in [1.165, 1.54) is 0 Å². The first-order chi connectivity index (χ1) is 14.3.